The Balaban J connectivity index is 1.66. The summed E-state index contributed by atoms with van der Waals surface area (Å²) in [5.74, 6) is -0.147. The molecule has 0 radical (unpaired) electrons. The molecule has 1 amide bonds. The molecule has 0 fully saturated rings. The van der Waals surface area contributed by atoms with E-state index in [1.165, 1.54) is 21.5 Å². The van der Waals surface area contributed by atoms with Gasteiger partial charge in [-0.1, -0.05) is 50.2 Å². The highest BCUT2D eigenvalue weighted by atomic mass is 32.2. The summed E-state index contributed by atoms with van der Waals surface area (Å²) in [6, 6.07) is 14.9. The Bertz CT molecular complexity index is 977. The molecule has 1 aliphatic carbocycles. The Hall–Kier alpha value is -2.44. The molecule has 1 atom stereocenters. The molecule has 154 valence electrons. The summed E-state index contributed by atoms with van der Waals surface area (Å²) in [5.41, 5.74) is 3.28. The summed E-state index contributed by atoms with van der Waals surface area (Å²) in [6.07, 6.45) is 6.27. The van der Waals surface area contributed by atoms with Crippen LogP contribution >= 0.6 is 0 Å². The number of hydrogen-bond acceptors (Lipinski definition) is 3. The second-order valence-electron chi connectivity index (χ2n) is 7.14. The molecule has 3 rings (SSSR count). The van der Waals surface area contributed by atoms with Crippen LogP contribution in [-0.4, -0.2) is 31.7 Å². The normalized spacial score (nSPS) is 16.7. The average Bonchev–Trinajstić information content (AvgIpc) is 2.73. The Morgan fingerprint density at radius 2 is 1.79 bits per heavy atom. The van der Waals surface area contributed by atoms with Crippen molar-refractivity contribution in [1.82, 2.24) is 9.62 Å². The van der Waals surface area contributed by atoms with Crippen LogP contribution in [0.25, 0.3) is 6.08 Å². The Labute approximate surface area is 173 Å². The second-order valence-corrected chi connectivity index (χ2v) is 9.08. The number of carbonyl (C=O) groups excluding carboxylic acids is 1. The Morgan fingerprint density at radius 1 is 1.10 bits per heavy atom. The van der Waals surface area contributed by atoms with E-state index in [0.29, 0.717) is 13.1 Å². The maximum absolute atomic E-state index is 12.5. The van der Waals surface area contributed by atoms with Crippen LogP contribution in [0.1, 0.15) is 49.4 Å². The first kappa shape index (κ1) is 21.3. The van der Waals surface area contributed by atoms with Crippen LogP contribution in [0.2, 0.25) is 0 Å². The highest BCUT2D eigenvalue weighted by molar-refractivity contribution is 7.89. The minimum absolute atomic E-state index is 0.0405. The maximum atomic E-state index is 12.5. The van der Waals surface area contributed by atoms with E-state index in [1.54, 1.807) is 30.3 Å². The molecule has 0 aliphatic heterocycles. The molecule has 2 aromatic carbocycles. The van der Waals surface area contributed by atoms with Gasteiger partial charge in [-0.25, -0.2) is 8.42 Å². The van der Waals surface area contributed by atoms with E-state index >= 15 is 0 Å². The molecule has 0 bridgehead atoms. The molecule has 2 aromatic rings. The highest BCUT2D eigenvalue weighted by Gasteiger charge is 2.22. The van der Waals surface area contributed by atoms with Crippen molar-refractivity contribution in [2.45, 2.75) is 44.0 Å². The van der Waals surface area contributed by atoms with Gasteiger partial charge in [0.1, 0.15) is 0 Å². The minimum atomic E-state index is -3.47. The lowest BCUT2D eigenvalue weighted by Gasteiger charge is -2.25. The van der Waals surface area contributed by atoms with Crippen molar-refractivity contribution in [3.05, 3.63) is 71.3 Å². The number of rotatable bonds is 7. The lowest BCUT2D eigenvalue weighted by atomic mass is 9.88. The van der Waals surface area contributed by atoms with Gasteiger partial charge in [0, 0.05) is 19.2 Å². The first-order valence-corrected chi connectivity index (χ1v) is 11.6. The third-order valence-corrected chi connectivity index (χ3v) is 7.40. The predicted molar refractivity (Wildman–Crippen MR) is 116 cm³/mol. The van der Waals surface area contributed by atoms with Crippen LogP contribution in [-0.2, 0) is 21.2 Å². The van der Waals surface area contributed by atoms with Crippen molar-refractivity contribution >= 4 is 22.0 Å². The number of hydrogen-bond donors (Lipinski definition) is 1. The molecule has 0 saturated heterocycles. The van der Waals surface area contributed by atoms with Gasteiger partial charge in [0.15, 0.2) is 0 Å². The van der Waals surface area contributed by atoms with Gasteiger partial charge in [-0.2, -0.15) is 4.31 Å². The van der Waals surface area contributed by atoms with Crippen LogP contribution in [0, 0.1) is 0 Å². The summed E-state index contributed by atoms with van der Waals surface area (Å²) >= 11 is 0. The highest BCUT2D eigenvalue weighted by Crippen LogP contribution is 2.29. The lowest BCUT2D eigenvalue weighted by Crippen LogP contribution is -2.30. The first-order valence-electron chi connectivity index (χ1n) is 10.1. The topological polar surface area (TPSA) is 66.5 Å². The molecule has 1 aliphatic rings. The van der Waals surface area contributed by atoms with E-state index in [4.69, 9.17) is 0 Å². The fourth-order valence-electron chi connectivity index (χ4n) is 3.76. The number of sulfonamides is 1. The van der Waals surface area contributed by atoms with Crippen molar-refractivity contribution in [2.24, 2.45) is 0 Å². The van der Waals surface area contributed by atoms with Crippen molar-refractivity contribution in [1.29, 1.82) is 0 Å². The van der Waals surface area contributed by atoms with Gasteiger partial charge in [-0.05, 0) is 54.2 Å². The first-order chi connectivity index (χ1) is 14.0. The standard InChI is InChI=1S/C23H28N2O3S/c1-3-25(4-2)29(27,28)20-15-12-18(13-16-20)14-17-23(26)24-22-11-7-9-19-8-5-6-10-21(19)22/h5-6,8,10,12-17,22H,3-4,7,9,11H2,1-2H3,(H,24,26)/b17-14+/t22-/m0/s1. The van der Waals surface area contributed by atoms with Gasteiger partial charge in [0.05, 0.1) is 10.9 Å². The minimum Gasteiger partial charge on any atom is -0.346 e. The molecule has 29 heavy (non-hydrogen) atoms. The molecule has 0 saturated carbocycles. The van der Waals surface area contributed by atoms with Crippen LogP contribution in [0.5, 0.6) is 0 Å². The van der Waals surface area contributed by atoms with E-state index in [1.807, 2.05) is 26.0 Å². The molecule has 6 heteroatoms. The molecule has 0 unspecified atom stereocenters. The SMILES string of the molecule is CCN(CC)S(=O)(=O)c1ccc(/C=C/C(=O)N[C@H]2CCCc3ccccc32)cc1. The van der Waals surface area contributed by atoms with E-state index in [0.717, 1.165) is 24.8 Å². The number of fused-ring (bicyclic) bond motifs is 1. The zero-order valence-electron chi connectivity index (χ0n) is 17.0. The zero-order valence-corrected chi connectivity index (χ0v) is 17.8. The third-order valence-electron chi connectivity index (χ3n) is 5.34. The molecule has 0 spiro atoms. The second kappa shape index (κ2) is 9.37. The fourth-order valence-corrected chi connectivity index (χ4v) is 5.22. The number of carbonyl (C=O) groups is 1. The van der Waals surface area contributed by atoms with E-state index in [-0.39, 0.29) is 16.8 Å². The summed E-state index contributed by atoms with van der Waals surface area (Å²) in [5, 5.41) is 3.08. The molecule has 1 N–H and O–H groups in total. The van der Waals surface area contributed by atoms with Crippen molar-refractivity contribution in [3.8, 4) is 0 Å². The number of nitrogens with one attached hydrogen (secondary N) is 1. The molecular formula is C23H28N2O3S. The van der Waals surface area contributed by atoms with Crippen molar-refractivity contribution in [2.75, 3.05) is 13.1 Å². The summed E-state index contributed by atoms with van der Waals surface area (Å²) in [4.78, 5) is 12.7. The Kier molecular flexibility index (Phi) is 6.87. The molecule has 0 heterocycles. The molecule has 5 nitrogen and oxygen atoms in total. The van der Waals surface area contributed by atoms with Gasteiger partial charge >= 0.3 is 0 Å². The lowest BCUT2D eigenvalue weighted by molar-refractivity contribution is -0.117. The average molecular weight is 413 g/mol. The largest absolute Gasteiger partial charge is 0.346 e. The summed E-state index contributed by atoms with van der Waals surface area (Å²) in [7, 11) is -3.47. The fraction of sp³-hybridized carbons (Fsp3) is 0.348. The monoisotopic (exact) mass is 412 g/mol. The van der Waals surface area contributed by atoms with E-state index in [9.17, 15) is 13.2 Å². The van der Waals surface area contributed by atoms with Crippen LogP contribution in [0.4, 0.5) is 0 Å². The number of nitrogens with zero attached hydrogens (tertiary/aromatic N) is 1. The van der Waals surface area contributed by atoms with Crippen molar-refractivity contribution in [3.63, 3.8) is 0 Å². The van der Waals surface area contributed by atoms with Gasteiger partial charge in [-0.15, -0.1) is 0 Å². The van der Waals surface area contributed by atoms with Crippen LogP contribution in [0.3, 0.4) is 0 Å². The summed E-state index contributed by atoms with van der Waals surface area (Å²) < 4.78 is 26.5. The molecule has 0 aromatic heterocycles. The van der Waals surface area contributed by atoms with Crippen molar-refractivity contribution < 1.29 is 13.2 Å². The van der Waals surface area contributed by atoms with Gasteiger partial charge in [-0.3, -0.25) is 4.79 Å². The molecular weight excluding hydrogens is 384 g/mol. The smallest absolute Gasteiger partial charge is 0.244 e. The number of aryl methyl sites for hydroxylation is 1. The quantitative estimate of drug-likeness (QED) is 0.701. The predicted octanol–water partition coefficient (Wildman–Crippen LogP) is 3.92. The Morgan fingerprint density at radius 3 is 2.48 bits per heavy atom. The number of benzene rings is 2. The maximum Gasteiger partial charge on any atom is 0.244 e. The van der Waals surface area contributed by atoms with Gasteiger partial charge in [0.25, 0.3) is 0 Å². The van der Waals surface area contributed by atoms with Gasteiger partial charge in [0.2, 0.25) is 15.9 Å². The van der Waals surface area contributed by atoms with Gasteiger partial charge < -0.3 is 5.32 Å². The van der Waals surface area contributed by atoms with Crippen LogP contribution < -0.4 is 5.32 Å². The van der Waals surface area contributed by atoms with Crippen LogP contribution in [0.15, 0.2) is 59.5 Å². The van der Waals surface area contributed by atoms with E-state index in [2.05, 4.69) is 17.4 Å². The zero-order chi connectivity index (χ0) is 20.9. The third kappa shape index (κ3) is 4.95. The summed E-state index contributed by atoms with van der Waals surface area (Å²) in [6.45, 7) is 4.51. The number of amides is 1. The van der Waals surface area contributed by atoms with E-state index < -0.39 is 10.0 Å².